The number of rotatable bonds is 7. The smallest absolute Gasteiger partial charge is 0.341 e. The van der Waals surface area contributed by atoms with Crippen LogP contribution in [0.4, 0.5) is 17.6 Å². The number of ether oxygens (including phenoxy) is 2. The van der Waals surface area contributed by atoms with E-state index in [0.29, 0.717) is 61.6 Å². The van der Waals surface area contributed by atoms with Crippen molar-refractivity contribution < 1.29 is 14.3 Å². The second kappa shape index (κ2) is 11.0. The van der Waals surface area contributed by atoms with Crippen LogP contribution >= 0.6 is 11.3 Å². The van der Waals surface area contributed by atoms with Gasteiger partial charge in [-0.1, -0.05) is 6.07 Å². The van der Waals surface area contributed by atoms with E-state index < -0.39 is 5.97 Å². The van der Waals surface area contributed by atoms with Gasteiger partial charge in [-0.15, -0.1) is 11.3 Å². The number of nitrogens with two attached hydrogens (primary N) is 1. The standard InChI is InChI=1S/C26H26N8O3S/c1-3-36-24(35)18-11-29-25(30-12-18)33(2)14-19-9-21-23(38-19)13-31-26(32-21)34-6-7-37-22(15-34)16-4-5-20(28)17(8-16)10-27/h4-5,8-9,11-13,22H,3,6-7,14-15,28H2,1-2H3. The number of anilines is 3. The van der Waals surface area contributed by atoms with Gasteiger partial charge >= 0.3 is 5.97 Å². The van der Waals surface area contributed by atoms with Crippen molar-refractivity contribution in [2.75, 3.05) is 48.9 Å². The van der Waals surface area contributed by atoms with Crippen LogP contribution in [0.15, 0.2) is 42.9 Å². The summed E-state index contributed by atoms with van der Waals surface area (Å²) < 4.78 is 11.9. The van der Waals surface area contributed by atoms with Crippen LogP contribution in [0.5, 0.6) is 0 Å². The van der Waals surface area contributed by atoms with E-state index in [1.807, 2.05) is 30.3 Å². The zero-order chi connectivity index (χ0) is 26.6. The third kappa shape index (κ3) is 5.34. The first-order chi connectivity index (χ1) is 18.4. The highest BCUT2D eigenvalue weighted by molar-refractivity contribution is 7.19. The van der Waals surface area contributed by atoms with Crippen LogP contribution in [-0.2, 0) is 16.0 Å². The minimum atomic E-state index is -0.437. The Kier molecular flexibility index (Phi) is 7.30. The highest BCUT2D eigenvalue weighted by atomic mass is 32.1. The molecule has 194 valence electrons. The van der Waals surface area contributed by atoms with E-state index in [9.17, 15) is 10.1 Å². The minimum absolute atomic E-state index is 0.211. The largest absolute Gasteiger partial charge is 0.462 e. The molecule has 12 heteroatoms. The molecule has 2 N–H and O–H groups in total. The molecule has 1 aliphatic heterocycles. The number of hydrogen-bond acceptors (Lipinski definition) is 12. The van der Waals surface area contributed by atoms with Gasteiger partial charge in [-0.2, -0.15) is 5.26 Å². The number of aromatic nitrogens is 4. The number of carbonyl (C=O) groups is 1. The van der Waals surface area contributed by atoms with Crippen molar-refractivity contribution in [2.24, 2.45) is 0 Å². The van der Waals surface area contributed by atoms with Crippen molar-refractivity contribution in [3.63, 3.8) is 0 Å². The maximum Gasteiger partial charge on any atom is 0.341 e. The van der Waals surface area contributed by atoms with Crippen molar-refractivity contribution in [1.82, 2.24) is 19.9 Å². The molecule has 0 saturated carbocycles. The van der Waals surface area contributed by atoms with Gasteiger partial charge in [0.05, 0.1) is 53.8 Å². The fourth-order valence-electron chi connectivity index (χ4n) is 4.16. The molecule has 5 rings (SSSR count). The molecule has 4 aromatic rings. The van der Waals surface area contributed by atoms with Crippen LogP contribution in [0.1, 0.15) is 39.4 Å². The summed E-state index contributed by atoms with van der Waals surface area (Å²) in [6.45, 7) is 4.39. The Morgan fingerprint density at radius 1 is 1.29 bits per heavy atom. The van der Waals surface area contributed by atoms with Gasteiger partial charge in [0, 0.05) is 36.6 Å². The molecule has 1 aliphatic rings. The van der Waals surface area contributed by atoms with Crippen molar-refractivity contribution in [3.8, 4) is 6.07 Å². The third-order valence-corrected chi connectivity index (χ3v) is 7.16. The second-order valence-electron chi connectivity index (χ2n) is 8.74. The van der Waals surface area contributed by atoms with Crippen LogP contribution < -0.4 is 15.5 Å². The van der Waals surface area contributed by atoms with Crippen LogP contribution in [0.25, 0.3) is 10.2 Å². The van der Waals surface area contributed by atoms with Crippen molar-refractivity contribution >= 4 is 45.1 Å². The lowest BCUT2D eigenvalue weighted by molar-refractivity contribution is 0.0392. The van der Waals surface area contributed by atoms with Gasteiger partial charge in [-0.25, -0.2) is 24.7 Å². The van der Waals surface area contributed by atoms with Crippen LogP contribution in [0, 0.1) is 11.3 Å². The second-order valence-corrected chi connectivity index (χ2v) is 9.91. The molecule has 0 radical (unpaired) electrons. The monoisotopic (exact) mass is 530 g/mol. The summed E-state index contributed by atoms with van der Waals surface area (Å²) in [5, 5.41) is 9.31. The molecule has 0 amide bonds. The molecule has 38 heavy (non-hydrogen) atoms. The molecule has 1 aromatic carbocycles. The van der Waals surface area contributed by atoms with Gasteiger partial charge in [0.15, 0.2) is 0 Å². The van der Waals surface area contributed by atoms with Crippen LogP contribution in [0.2, 0.25) is 0 Å². The van der Waals surface area contributed by atoms with Gasteiger partial charge in [0.2, 0.25) is 11.9 Å². The average molecular weight is 531 g/mol. The van der Waals surface area contributed by atoms with Crippen molar-refractivity contribution in [1.29, 1.82) is 5.26 Å². The number of nitriles is 1. The number of esters is 1. The molecule has 0 spiro atoms. The topological polar surface area (TPSA) is 143 Å². The number of benzene rings is 1. The van der Waals surface area contributed by atoms with Crippen molar-refractivity contribution in [2.45, 2.75) is 19.6 Å². The Labute approximate surface area is 223 Å². The van der Waals surface area contributed by atoms with Crippen molar-refractivity contribution in [3.05, 3.63) is 64.4 Å². The van der Waals surface area contributed by atoms with E-state index in [0.717, 1.165) is 20.7 Å². The fraction of sp³-hybridized carbons (Fsp3) is 0.308. The van der Waals surface area contributed by atoms with Gasteiger partial charge < -0.3 is 25.0 Å². The molecule has 1 fully saturated rings. The Morgan fingerprint density at radius 2 is 2.11 bits per heavy atom. The maximum atomic E-state index is 11.8. The van der Waals surface area contributed by atoms with Gasteiger partial charge in [0.1, 0.15) is 12.2 Å². The number of hydrogen-bond donors (Lipinski definition) is 1. The molecule has 1 unspecified atom stereocenters. The SMILES string of the molecule is CCOC(=O)c1cnc(N(C)Cc2cc3nc(N4CCOC(c5ccc(N)c(C#N)c5)C4)ncc3s2)nc1. The van der Waals surface area contributed by atoms with E-state index in [1.54, 1.807) is 30.4 Å². The van der Waals surface area contributed by atoms with E-state index in [2.05, 4.69) is 25.9 Å². The average Bonchev–Trinajstić information content (AvgIpc) is 3.35. The molecule has 3 aromatic heterocycles. The summed E-state index contributed by atoms with van der Waals surface area (Å²) in [5.41, 5.74) is 8.86. The number of fused-ring (bicyclic) bond motifs is 1. The molecule has 11 nitrogen and oxygen atoms in total. The molecule has 4 heterocycles. The van der Waals surface area contributed by atoms with E-state index in [-0.39, 0.29) is 6.10 Å². The highest BCUT2D eigenvalue weighted by Gasteiger charge is 2.25. The summed E-state index contributed by atoms with van der Waals surface area (Å²) in [4.78, 5) is 35.0. The summed E-state index contributed by atoms with van der Waals surface area (Å²) in [6, 6.07) is 9.59. The highest BCUT2D eigenvalue weighted by Crippen LogP contribution is 2.30. The lowest BCUT2D eigenvalue weighted by Crippen LogP contribution is -2.39. The maximum absolute atomic E-state index is 11.8. The molecule has 1 atom stereocenters. The fourth-order valence-corrected chi connectivity index (χ4v) is 5.18. The quantitative estimate of drug-likeness (QED) is 0.277. The van der Waals surface area contributed by atoms with Crippen LogP contribution in [0.3, 0.4) is 0 Å². The summed E-state index contributed by atoms with van der Waals surface area (Å²) in [6.07, 6.45) is 4.58. The zero-order valence-electron chi connectivity index (χ0n) is 21.0. The lowest BCUT2D eigenvalue weighted by Gasteiger charge is -2.33. The first-order valence-electron chi connectivity index (χ1n) is 12.1. The third-order valence-electron chi connectivity index (χ3n) is 6.11. The molecule has 0 aliphatic carbocycles. The van der Waals surface area contributed by atoms with Gasteiger partial charge in [-0.05, 0) is 30.7 Å². The first kappa shape index (κ1) is 25.3. The Hall–Kier alpha value is -4.34. The Bertz CT molecular complexity index is 1500. The first-order valence-corrected chi connectivity index (χ1v) is 12.9. The van der Waals surface area contributed by atoms with Gasteiger partial charge in [0.25, 0.3) is 0 Å². The molecule has 0 bridgehead atoms. The summed E-state index contributed by atoms with van der Waals surface area (Å²) >= 11 is 1.61. The van der Waals surface area contributed by atoms with E-state index in [1.165, 1.54) is 12.4 Å². The minimum Gasteiger partial charge on any atom is -0.462 e. The van der Waals surface area contributed by atoms with Gasteiger partial charge in [-0.3, -0.25) is 0 Å². The lowest BCUT2D eigenvalue weighted by atomic mass is 10.0. The molecule has 1 saturated heterocycles. The predicted octanol–water partition coefficient (Wildman–Crippen LogP) is 3.33. The number of morpholine rings is 1. The molecular weight excluding hydrogens is 504 g/mol. The van der Waals surface area contributed by atoms with E-state index >= 15 is 0 Å². The predicted molar refractivity (Wildman–Crippen MR) is 144 cm³/mol. The number of nitrogen functional groups attached to an aromatic ring is 1. The number of thiophene rings is 1. The Balaban J connectivity index is 1.28. The normalized spacial score (nSPS) is 15.3. The number of carbonyl (C=O) groups excluding carboxylic acids is 1. The molecular formula is C26H26N8O3S. The summed E-state index contributed by atoms with van der Waals surface area (Å²) in [7, 11) is 1.89. The number of nitrogens with zero attached hydrogens (tertiary/aromatic N) is 7. The summed E-state index contributed by atoms with van der Waals surface area (Å²) in [5.74, 6) is 0.703. The van der Waals surface area contributed by atoms with Crippen LogP contribution in [-0.4, -0.2) is 59.3 Å². The Morgan fingerprint density at radius 3 is 2.87 bits per heavy atom. The zero-order valence-corrected chi connectivity index (χ0v) is 21.8. The van der Waals surface area contributed by atoms with E-state index in [4.69, 9.17) is 20.2 Å².